The molecule has 2 N–H and O–H groups in total. The minimum atomic E-state index is -3.79. The van der Waals surface area contributed by atoms with E-state index in [1.807, 2.05) is 29.0 Å². The Morgan fingerprint density at radius 3 is 2.38 bits per heavy atom. The summed E-state index contributed by atoms with van der Waals surface area (Å²) in [6, 6.07) is 15.0. The first-order valence-corrected chi connectivity index (χ1v) is 11.9. The molecule has 1 heterocycles. The number of amides is 1. The molecular formula is C20H18Cl2N2O3S2. The topological polar surface area (TPSA) is 75.3 Å². The second kappa shape index (κ2) is 9.73. The van der Waals surface area contributed by atoms with E-state index in [9.17, 15) is 13.2 Å². The van der Waals surface area contributed by atoms with Gasteiger partial charge in [0.2, 0.25) is 15.9 Å². The van der Waals surface area contributed by atoms with Crippen LogP contribution >= 0.6 is 34.5 Å². The Morgan fingerprint density at radius 1 is 1.00 bits per heavy atom. The van der Waals surface area contributed by atoms with Gasteiger partial charge in [-0.15, -0.1) is 0 Å². The van der Waals surface area contributed by atoms with E-state index in [1.165, 1.54) is 23.5 Å². The zero-order valence-corrected chi connectivity index (χ0v) is 18.3. The van der Waals surface area contributed by atoms with Gasteiger partial charge in [0.15, 0.2) is 0 Å². The van der Waals surface area contributed by atoms with Crippen molar-refractivity contribution in [2.75, 3.05) is 6.54 Å². The number of carbonyl (C=O) groups is 1. The second-order valence-electron chi connectivity index (χ2n) is 6.19. The van der Waals surface area contributed by atoms with Gasteiger partial charge in [-0.2, -0.15) is 11.3 Å². The molecule has 3 aromatic rings. The van der Waals surface area contributed by atoms with Crippen LogP contribution in [0.4, 0.5) is 0 Å². The number of hydrogen-bond donors (Lipinski definition) is 2. The summed E-state index contributed by atoms with van der Waals surface area (Å²) < 4.78 is 27.1. The predicted octanol–water partition coefficient (Wildman–Crippen LogP) is 4.63. The van der Waals surface area contributed by atoms with Crippen LogP contribution in [0.15, 0.2) is 70.3 Å². The monoisotopic (exact) mass is 468 g/mol. The molecule has 1 unspecified atom stereocenters. The van der Waals surface area contributed by atoms with Crippen LogP contribution in [0.25, 0.3) is 0 Å². The summed E-state index contributed by atoms with van der Waals surface area (Å²) in [5.41, 5.74) is 1.83. The van der Waals surface area contributed by atoms with E-state index in [4.69, 9.17) is 23.2 Å². The smallest absolute Gasteiger partial charge is 0.242 e. The number of benzene rings is 2. The fourth-order valence-electron chi connectivity index (χ4n) is 2.73. The maximum Gasteiger partial charge on any atom is 0.242 e. The first-order chi connectivity index (χ1) is 13.9. The molecule has 0 bridgehead atoms. The zero-order chi connectivity index (χ0) is 20.9. The number of halogens is 2. The average Bonchev–Trinajstić information content (AvgIpc) is 3.21. The van der Waals surface area contributed by atoms with E-state index >= 15 is 0 Å². The lowest BCUT2D eigenvalue weighted by molar-refractivity contribution is -0.121. The number of carbonyl (C=O) groups excluding carboxylic acids is 1. The minimum Gasteiger partial charge on any atom is -0.345 e. The fourth-order valence-corrected chi connectivity index (χ4v) is 5.09. The molecule has 5 nitrogen and oxygen atoms in total. The van der Waals surface area contributed by atoms with Crippen LogP contribution in [-0.4, -0.2) is 20.9 Å². The van der Waals surface area contributed by atoms with Crippen molar-refractivity contribution in [2.24, 2.45) is 0 Å². The summed E-state index contributed by atoms with van der Waals surface area (Å²) in [5.74, 6) is -0.280. The zero-order valence-electron chi connectivity index (χ0n) is 15.1. The molecule has 1 aromatic heterocycles. The van der Waals surface area contributed by atoms with Gasteiger partial charge < -0.3 is 5.32 Å². The summed E-state index contributed by atoms with van der Waals surface area (Å²) >= 11 is 13.4. The molecule has 29 heavy (non-hydrogen) atoms. The Kier molecular flexibility index (Phi) is 7.32. The minimum absolute atomic E-state index is 0.0145. The van der Waals surface area contributed by atoms with E-state index in [2.05, 4.69) is 10.0 Å². The molecule has 0 fully saturated rings. The highest BCUT2D eigenvalue weighted by Gasteiger charge is 2.20. The van der Waals surface area contributed by atoms with Crippen molar-refractivity contribution < 1.29 is 13.2 Å². The summed E-state index contributed by atoms with van der Waals surface area (Å²) in [5, 5.41) is 7.59. The Morgan fingerprint density at radius 2 is 1.72 bits per heavy atom. The van der Waals surface area contributed by atoms with Gasteiger partial charge in [0.25, 0.3) is 0 Å². The maximum absolute atomic E-state index is 12.5. The van der Waals surface area contributed by atoms with E-state index in [-0.39, 0.29) is 34.8 Å². The molecule has 152 valence electrons. The molecule has 0 saturated carbocycles. The van der Waals surface area contributed by atoms with Gasteiger partial charge in [0, 0.05) is 18.0 Å². The summed E-state index contributed by atoms with van der Waals surface area (Å²) in [6.07, 6.45) is -0.0160. The Balaban J connectivity index is 1.64. The van der Waals surface area contributed by atoms with Crippen LogP contribution < -0.4 is 10.0 Å². The second-order valence-corrected chi connectivity index (χ2v) is 9.55. The van der Waals surface area contributed by atoms with E-state index in [0.29, 0.717) is 5.02 Å². The molecule has 9 heteroatoms. The molecule has 0 aliphatic carbocycles. The van der Waals surface area contributed by atoms with Gasteiger partial charge in [-0.1, -0.05) is 47.5 Å². The van der Waals surface area contributed by atoms with Crippen molar-refractivity contribution in [3.05, 3.63) is 86.5 Å². The van der Waals surface area contributed by atoms with Crippen molar-refractivity contribution in [3.8, 4) is 0 Å². The van der Waals surface area contributed by atoms with Gasteiger partial charge >= 0.3 is 0 Å². The summed E-state index contributed by atoms with van der Waals surface area (Å²) in [4.78, 5) is 12.5. The molecule has 0 aliphatic heterocycles. The number of nitrogens with one attached hydrogen (secondary N) is 2. The number of rotatable bonds is 8. The van der Waals surface area contributed by atoms with Gasteiger partial charge in [-0.25, -0.2) is 13.1 Å². The number of hydrogen-bond acceptors (Lipinski definition) is 4. The Bertz CT molecular complexity index is 1070. The first kappa shape index (κ1) is 21.8. The third kappa shape index (κ3) is 5.81. The molecule has 1 atom stereocenters. The van der Waals surface area contributed by atoms with E-state index in [0.717, 1.165) is 11.1 Å². The first-order valence-electron chi connectivity index (χ1n) is 8.68. The SMILES string of the molecule is O=C(CCNS(=O)(=O)c1ccccc1Cl)NC(c1ccc(Cl)cc1)c1ccsc1. The summed E-state index contributed by atoms with van der Waals surface area (Å²) in [7, 11) is -3.79. The Labute approximate surface area is 183 Å². The lowest BCUT2D eigenvalue weighted by Crippen LogP contribution is -2.33. The lowest BCUT2D eigenvalue weighted by atomic mass is 10.0. The third-order valence-corrected chi connectivity index (χ3v) is 7.07. The molecule has 0 saturated heterocycles. The predicted molar refractivity (Wildman–Crippen MR) is 117 cm³/mol. The van der Waals surface area contributed by atoms with Gasteiger partial charge in [-0.3, -0.25) is 4.79 Å². The number of thiophene rings is 1. The van der Waals surface area contributed by atoms with Gasteiger partial charge in [-0.05, 0) is 52.2 Å². The average molecular weight is 469 g/mol. The van der Waals surface area contributed by atoms with Gasteiger partial charge in [0.05, 0.1) is 11.1 Å². The van der Waals surface area contributed by atoms with Gasteiger partial charge in [0.1, 0.15) is 4.90 Å². The normalized spacial score (nSPS) is 12.5. The van der Waals surface area contributed by atoms with Crippen LogP contribution in [0.1, 0.15) is 23.6 Å². The number of sulfonamides is 1. The van der Waals surface area contributed by atoms with Crippen LogP contribution in [0.5, 0.6) is 0 Å². The van der Waals surface area contributed by atoms with Crippen LogP contribution in [0, 0.1) is 0 Å². The largest absolute Gasteiger partial charge is 0.345 e. The van der Waals surface area contributed by atoms with Crippen molar-refractivity contribution in [3.63, 3.8) is 0 Å². The maximum atomic E-state index is 12.5. The molecule has 2 aromatic carbocycles. The lowest BCUT2D eigenvalue weighted by Gasteiger charge is -2.19. The highest BCUT2D eigenvalue weighted by atomic mass is 35.5. The van der Waals surface area contributed by atoms with Crippen molar-refractivity contribution in [1.82, 2.24) is 10.0 Å². The quantitative estimate of drug-likeness (QED) is 0.505. The highest BCUT2D eigenvalue weighted by Crippen LogP contribution is 2.25. The van der Waals surface area contributed by atoms with Crippen molar-refractivity contribution in [2.45, 2.75) is 17.4 Å². The molecule has 3 rings (SSSR count). The van der Waals surface area contributed by atoms with E-state index < -0.39 is 10.0 Å². The molecule has 0 spiro atoms. The molecule has 0 radical (unpaired) electrons. The molecule has 0 aliphatic rings. The molecular weight excluding hydrogens is 451 g/mol. The van der Waals surface area contributed by atoms with Crippen molar-refractivity contribution in [1.29, 1.82) is 0 Å². The van der Waals surface area contributed by atoms with Crippen molar-refractivity contribution >= 4 is 50.5 Å². The van der Waals surface area contributed by atoms with Crippen LogP contribution in [0.2, 0.25) is 10.0 Å². The standard InChI is InChI=1S/C20H18Cl2N2O3S2/c21-16-7-5-14(6-8-16)20(15-10-12-28-13-15)24-19(25)9-11-23-29(26,27)18-4-2-1-3-17(18)22/h1-8,10,12-13,20,23H,9,11H2,(H,24,25). The fraction of sp³-hybridized carbons (Fsp3) is 0.150. The van der Waals surface area contributed by atoms with Crippen LogP contribution in [-0.2, 0) is 14.8 Å². The third-order valence-electron chi connectivity index (χ3n) is 4.16. The molecule has 1 amide bonds. The van der Waals surface area contributed by atoms with Crippen LogP contribution in [0.3, 0.4) is 0 Å². The van der Waals surface area contributed by atoms with E-state index in [1.54, 1.807) is 24.3 Å². The summed E-state index contributed by atoms with van der Waals surface area (Å²) in [6.45, 7) is -0.0453. The Hall–Kier alpha value is -1.90. The highest BCUT2D eigenvalue weighted by molar-refractivity contribution is 7.89.